The number of rotatable bonds is 5. The number of ether oxygens (including phenoxy) is 1. The average Bonchev–Trinajstić information content (AvgIpc) is 2.96. The van der Waals surface area contributed by atoms with Crippen LogP contribution in [0.5, 0.6) is 0 Å². The number of alkyl halides is 3. The van der Waals surface area contributed by atoms with Gasteiger partial charge in [-0.05, 0) is 24.6 Å². The second-order valence-electron chi connectivity index (χ2n) is 6.41. The van der Waals surface area contributed by atoms with Crippen LogP contribution in [0, 0.1) is 0 Å². The van der Waals surface area contributed by atoms with Gasteiger partial charge in [-0.15, -0.1) is 0 Å². The molecule has 0 aromatic heterocycles. The van der Waals surface area contributed by atoms with Gasteiger partial charge in [-0.2, -0.15) is 0 Å². The largest absolute Gasteiger partial charge is 0.405 e. The second kappa shape index (κ2) is 7.63. The van der Waals surface area contributed by atoms with Gasteiger partial charge in [0.2, 0.25) is 9.69 Å². The fraction of sp³-hybridized carbons (Fsp3) is 0.250. The standard InChI is InChI=1S/C20H16Cl3NO3/c1-19(18(26)27-17(24-19)14-10-6-3-7-11-14)15(12-16(25)20(21,22)23)13-8-4-2-5-9-13/h2-11,15H,12H2,1H3/t15-,19+/m1/s1. The van der Waals surface area contributed by atoms with E-state index in [0.29, 0.717) is 5.56 Å². The molecule has 0 aliphatic carbocycles. The van der Waals surface area contributed by atoms with E-state index in [1.165, 1.54) is 0 Å². The van der Waals surface area contributed by atoms with E-state index in [1.807, 2.05) is 48.5 Å². The van der Waals surface area contributed by atoms with Crippen molar-refractivity contribution < 1.29 is 14.3 Å². The molecule has 0 fully saturated rings. The van der Waals surface area contributed by atoms with Crippen molar-refractivity contribution in [3.63, 3.8) is 0 Å². The van der Waals surface area contributed by atoms with Crippen LogP contribution in [0.15, 0.2) is 65.7 Å². The summed E-state index contributed by atoms with van der Waals surface area (Å²) in [6, 6.07) is 18.2. The normalized spacial score (nSPS) is 20.7. The highest BCUT2D eigenvalue weighted by Gasteiger charge is 2.50. The minimum absolute atomic E-state index is 0.169. The summed E-state index contributed by atoms with van der Waals surface area (Å²) in [7, 11) is 0. The van der Waals surface area contributed by atoms with Crippen molar-refractivity contribution in [2.24, 2.45) is 4.99 Å². The van der Waals surface area contributed by atoms with Crippen molar-refractivity contribution in [1.82, 2.24) is 0 Å². The first-order valence-electron chi connectivity index (χ1n) is 8.24. The molecule has 4 nitrogen and oxygen atoms in total. The zero-order chi connectivity index (χ0) is 19.7. The molecule has 27 heavy (non-hydrogen) atoms. The fourth-order valence-corrected chi connectivity index (χ4v) is 3.25. The minimum atomic E-state index is -2.07. The van der Waals surface area contributed by atoms with Gasteiger partial charge >= 0.3 is 5.97 Å². The van der Waals surface area contributed by atoms with Crippen LogP contribution in [0.3, 0.4) is 0 Å². The summed E-state index contributed by atoms with van der Waals surface area (Å²) in [6.45, 7) is 1.63. The van der Waals surface area contributed by atoms with Crippen molar-refractivity contribution in [2.45, 2.75) is 28.6 Å². The lowest BCUT2D eigenvalue weighted by Gasteiger charge is -2.29. The summed E-state index contributed by atoms with van der Waals surface area (Å²) in [5, 5.41) is 0. The third kappa shape index (κ3) is 4.18. The molecule has 0 saturated carbocycles. The Hall–Kier alpha value is -1.88. The maximum Gasteiger partial charge on any atom is 0.341 e. The smallest absolute Gasteiger partial charge is 0.341 e. The number of carbonyl (C=O) groups is 2. The third-order valence-corrected chi connectivity index (χ3v) is 5.18. The highest BCUT2D eigenvalue weighted by molar-refractivity contribution is 6.76. The molecule has 2 atom stereocenters. The molecule has 0 spiro atoms. The highest BCUT2D eigenvalue weighted by atomic mass is 35.6. The summed E-state index contributed by atoms with van der Waals surface area (Å²) >= 11 is 17.3. The molecular formula is C20H16Cl3NO3. The number of cyclic esters (lactones) is 1. The van der Waals surface area contributed by atoms with Gasteiger partial charge in [0.15, 0.2) is 11.3 Å². The Balaban J connectivity index is 2.04. The van der Waals surface area contributed by atoms with Crippen LogP contribution in [0.4, 0.5) is 0 Å². The minimum Gasteiger partial charge on any atom is -0.405 e. The number of hydrogen-bond donors (Lipinski definition) is 0. The van der Waals surface area contributed by atoms with E-state index in [9.17, 15) is 9.59 Å². The zero-order valence-corrected chi connectivity index (χ0v) is 16.6. The summed E-state index contributed by atoms with van der Waals surface area (Å²) in [6.07, 6.45) is -0.169. The second-order valence-corrected chi connectivity index (χ2v) is 8.69. The predicted octanol–water partition coefficient (Wildman–Crippen LogP) is 4.86. The SMILES string of the molecule is C[C@@]1([C@H](CC(=O)C(Cl)(Cl)Cl)c2ccccc2)N=C(c2ccccc2)OC1=O. The first kappa shape index (κ1) is 19.9. The van der Waals surface area contributed by atoms with Crippen LogP contribution in [0.25, 0.3) is 0 Å². The molecule has 3 rings (SSSR count). The molecule has 2 aromatic carbocycles. The molecule has 0 N–H and O–H groups in total. The zero-order valence-electron chi connectivity index (χ0n) is 14.4. The lowest BCUT2D eigenvalue weighted by molar-refractivity contribution is -0.139. The average molecular weight is 425 g/mol. The molecule has 1 heterocycles. The number of ketones is 1. The molecule has 1 aliphatic rings. The van der Waals surface area contributed by atoms with Crippen LogP contribution in [0.1, 0.15) is 30.4 Å². The van der Waals surface area contributed by atoms with E-state index < -0.39 is 27.0 Å². The Morgan fingerprint density at radius 2 is 1.63 bits per heavy atom. The molecule has 0 bridgehead atoms. The molecule has 0 unspecified atom stereocenters. The summed E-state index contributed by atoms with van der Waals surface area (Å²) in [5.41, 5.74) is 0.0877. The number of nitrogens with zero attached hydrogens (tertiary/aromatic N) is 1. The lowest BCUT2D eigenvalue weighted by Crippen LogP contribution is -2.39. The first-order valence-corrected chi connectivity index (χ1v) is 9.38. The molecular weight excluding hydrogens is 409 g/mol. The number of aliphatic imine (C=N–C) groups is 1. The van der Waals surface area contributed by atoms with E-state index in [4.69, 9.17) is 39.5 Å². The molecule has 140 valence electrons. The Morgan fingerprint density at radius 3 is 2.19 bits per heavy atom. The lowest BCUT2D eigenvalue weighted by atomic mass is 9.78. The van der Waals surface area contributed by atoms with Gasteiger partial charge in [-0.1, -0.05) is 83.3 Å². The van der Waals surface area contributed by atoms with Gasteiger partial charge in [0, 0.05) is 17.9 Å². The van der Waals surface area contributed by atoms with E-state index >= 15 is 0 Å². The first-order chi connectivity index (χ1) is 12.7. The van der Waals surface area contributed by atoms with Gasteiger partial charge in [0.1, 0.15) is 0 Å². The monoisotopic (exact) mass is 423 g/mol. The predicted molar refractivity (Wildman–Crippen MR) is 107 cm³/mol. The van der Waals surface area contributed by atoms with E-state index in [1.54, 1.807) is 19.1 Å². The van der Waals surface area contributed by atoms with Gasteiger partial charge < -0.3 is 4.74 Å². The maximum absolute atomic E-state index is 12.8. The van der Waals surface area contributed by atoms with Crippen LogP contribution in [0.2, 0.25) is 0 Å². The summed E-state index contributed by atoms with van der Waals surface area (Å²) in [4.78, 5) is 29.7. The van der Waals surface area contributed by atoms with Crippen molar-refractivity contribution in [3.05, 3.63) is 71.8 Å². The van der Waals surface area contributed by atoms with Crippen LogP contribution < -0.4 is 0 Å². The molecule has 0 saturated heterocycles. The molecule has 0 amide bonds. The van der Waals surface area contributed by atoms with Crippen LogP contribution in [-0.2, 0) is 14.3 Å². The number of Topliss-reactive ketones (excluding diaryl/α,β-unsaturated/α-hetero) is 1. The van der Waals surface area contributed by atoms with Crippen molar-refractivity contribution in [1.29, 1.82) is 0 Å². The maximum atomic E-state index is 12.8. The van der Waals surface area contributed by atoms with Crippen molar-refractivity contribution in [3.8, 4) is 0 Å². The quantitative estimate of drug-likeness (QED) is 0.509. The highest BCUT2D eigenvalue weighted by Crippen LogP contribution is 2.42. The molecule has 2 aromatic rings. The van der Waals surface area contributed by atoms with Crippen LogP contribution >= 0.6 is 34.8 Å². The number of benzene rings is 2. The van der Waals surface area contributed by atoms with Crippen molar-refractivity contribution >= 4 is 52.5 Å². The Labute approximate surface area is 172 Å². The van der Waals surface area contributed by atoms with Crippen LogP contribution in [-0.4, -0.2) is 27.0 Å². The number of carbonyl (C=O) groups excluding carboxylic acids is 2. The Kier molecular flexibility index (Phi) is 5.61. The number of hydrogen-bond acceptors (Lipinski definition) is 4. The molecule has 0 radical (unpaired) electrons. The topological polar surface area (TPSA) is 55.7 Å². The molecule has 7 heteroatoms. The molecule has 1 aliphatic heterocycles. The summed E-state index contributed by atoms with van der Waals surface area (Å²) < 4.78 is 3.36. The van der Waals surface area contributed by atoms with E-state index in [2.05, 4.69) is 4.99 Å². The summed E-state index contributed by atoms with van der Waals surface area (Å²) in [5.74, 6) is -1.59. The van der Waals surface area contributed by atoms with Gasteiger partial charge in [0.05, 0.1) is 0 Å². The van der Waals surface area contributed by atoms with E-state index in [0.717, 1.165) is 5.56 Å². The number of esters is 1. The Bertz CT molecular complexity index is 878. The van der Waals surface area contributed by atoms with Crippen molar-refractivity contribution in [2.75, 3.05) is 0 Å². The van der Waals surface area contributed by atoms with Gasteiger partial charge in [-0.25, -0.2) is 9.79 Å². The van der Waals surface area contributed by atoms with Gasteiger partial charge in [0.25, 0.3) is 0 Å². The Morgan fingerprint density at radius 1 is 1.07 bits per heavy atom. The van der Waals surface area contributed by atoms with E-state index in [-0.39, 0.29) is 12.3 Å². The third-order valence-electron chi connectivity index (χ3n) is 4.54. The fourth-order valence-electron chi connectivity index (χ4n) is 3.02. The number of halogens is 3. The van der Waals surface area contributed by atoms with Gasteiger partial charge in [-0.3, -0.25) is 4.79 Å².